The van der Waals surface area contributed by atoms with E-state index in [0.717, 1.165) is 126 Å². The molecule has 0 atom stereocenters. The summed E-state index contributed by atoms with van der Waals surface area (Å²) in [6, 6.07) is 8.92. The molecule has 69 heavy (non-hydrogen) atoms. The lowest BCUT2D eigenvalue weighted by Gasteiger charge is -2.35. The van der Waals surface area contributed by atoms with E-state index in [2.05, 4.69) is 51.3 Å². The summed E-state index contributed by atoms with van der Waals surface area (Å²) >= 11 is 0.774. The predicted octanol–water partition coefficient (Wildman–Crippen LogP) is 7.52. The molecule has 1 aromatic carbocycles. The number of carbonyl (C=O) groups excluding carboxylic acids is 4. The molecule has 0 radical (unpaired) electrons. The Morgan fingerprint density at radius 2 is 1.57 bits per heavy atom. The Kier molecular flexibility index (Phi) is 17.0. The number of anilines is 6. The van der Waals surface area contributed by atoms with Crippen LogP contribution in [0.4, 0.5) is 39.0 Å². The van der Waals surface area contributed by atoms with E-state index in [1.165, 1.54) is 20.8 Å². The van der Waals surface area contributed by atoms with Gasteiger partial charge in [-0.3, -0.25) is 48.9 Å². The van der Waals surface area contributed by atoms with Gasteiger partial charge in [-0.05, 0) is 93.7 Å². The Bertz CT molecular complexity index is 2730. The van der Waals surface area contributed by atoms with Crippen LogP contribution in [0.5, 0.6) is 0 Å². The van der Waals surface area contributed by atoms with Crippen molar-refractivity contribution in [3.63, 3.8) is 0 Å². The fraction of sp³-hybridized carbons (Fsp3) is 0.479. The largest absolute Gasteiger partial charge is 0.385 e. The van der Waals surface area contributed by atoms with Gasteiger partial charge in [0.25, 0.3) is 11.5 Å². The smallest absolute Gasteiger partial charge is 0.348 e. The first-order valence-corrected chi connectivity index (χ1v) is 24.6. The maximum atomic E-state index is 13.6. The van der Waals surface area contributed by atoms with Crippen molar-refractivity contribution in [3.8, 4) is 0 Å². The highest BCUT2D eigenvalue weighted by atomic mass is 32.1. The van der Waals surface area contributed by atoms with Gasteiger partial charge in [0.05, 0.1) is 40.2 Å². The van der Waals surface area contributed by atoms with Crippen LogP contribution < -0.4 is 37.0 Å². The quantitative estimate of drug-likeness (QED) is 0.0195. The number of pyridine rings is 2. The number of carbonyl (C=O) groups is 4. The number of aromatic nitrogens is 5. The number of Topliss-reactive ketones (excluding diaryl/α,β-unsaturated/α-hetero) is 1. The number of rotatable bonds is 22. The molecule has 1 aliphatic heterocycles. The van der Waals surface area contributed by atoms with Gasteiger partial charge in [0, 0.05) is 69.5 Å². The van der Waals surface area contributed by atoms with E-state index >= 15 is 0 Å². The first kappa shape index (κ1) is 50.0. The molecule has 7 rings (SSSR count). The highest BCUT2D eigenvalue weighted by Gasteiger charge is 2.27. The van der Waals surface area contributed by atoms with Crippen molar-refractivity contribution in [2.75, 3.05) is 72.0 Å². The van der Waals surface area contributed by atoms with Crippen LogP contribution in [0.1, 0.15) is 122 Å². The summed E-state index contributed by atoms with van der Waals surface area (Å²) in [5, 5.41) is 26.8. The van der Waals surface area contributed by atoms with Crippen LogP contribution >= 0.6 is 11.3 Å². The summed E-state index contributed by atoms with van der Waals surface area (Å²) in [5.74, 6) is -0.191. The zero-order valence-corrected chi connectivity index (χ0v) is 40.5. The maximum absolute atomic E-state index is 13.6. The molecule has 1 saturated heterocycles. The number of nitro groups is 1. The molecule has 2 fully saturated rings. The molecule has 0 unspecified atom stereocenters. The predicted molar refractivity (Wildman–Crippen MR) is 268 cm³/mol. The Balaban J connectivity index is 0.752. The normalized spacial score (nSPS) is 14.2. The number of piperazine rings is 1. The summed E-state index contributed by atoms with van der Waals surface area (Å²) in [6.07, 6.45) is 14.6. The molecule has 366 valence electrons. The van der Waals surface area contributed by atoms with Gasteiger partial charge in [-0.15, -0.1) is 0 Å². The molecule has 0 bridgehead atoms. The molecule has 1 aliphatic carbocycles. The van der Waals surface area contributed by atoms with Crippen LogP contribution in [0.25, 0.3) is 11.0 Å². The molecule has 4 aromatic heterocycles. The number of amides is 3. The fourth-order valence-electron chi connectivity index (χ4n) is 9.01. The average Bonchev–Trinajstić information content (AvgIpc) is 3.98. The van der Waals surface area contributed by atoms with Crippen molar-refractivity contribution in [3.05, 3.63) is 85.6 Å². The van der Waals surface area contributed by atoms with E-state index in [0.29, 0.717) is 47.1 Å². The average molecular weight is 964 g/mol. The minimum absolute atomic E-state index is 0.00318. The highest BCUT2D eigenvalue weighted by molar-refractivity contribution is 7.19. The second kappa shape index (κ2) is 23.4. The Morgan fingerprint density at radius 3 is 2.22 bits per heavy atom. The number of hydrogen-bond donors (Lipinski definition) is 5. The van der Waals surface area contributed by atoms with Gasteiger partial charge >= 0.3 is 5.00 Å². The Hall–Kier alpha value is -6.87. The first-order chi connectivity index (χ1) is 33.2. The number of nitrogens with zero attached hydrogens (tertiary/aromatic N) is 8. The highest BCUT2D eigenvalue weighted by Crippen LogP contribution is 2.33. The van der Waals surface area contributed by atoms with Crippen LogP contribution in [0.15, 0.2) is 47.5 Å². The van der Waals surface area contributed by atoms with Crippen LogP contribution in [-0.4, -0.2) is 104 Å². The summed E-state index contributed by atoms with van der Waals surface area (Å²) in [7, 11) is 0. The topological polar surface area (TPSA) is 252 Å². The van der Waals surface area contributed by atoms with Crippen molar-refractivity contribution in [1.82, 2.24) is 34.7 Å². The van der Waals surface area contributed by atoms with Crippen molar-refractivity contribution in [2.45, 2.75) is 104 Å². The second-order valence-electron chi connectivity index (χ2n) is 17.7. The van der Waals surface area contributed by atoms with Crippen molar-refractivity contribution >= 4 is 84.8 Å². The number of unbranched alkanes of at least 4 members (excludes halogenated alkanes) is 6. The number of aryl methyl sites for hydroxylation is 2. The fourth-order valence-corrected chi connectivity index (χ4v) is 9.79. The molecule has 5 N–H and O–H groups in total. The minimum Gasteiger partial charge on any atom is -0.385 e. The molecular formula is C48H61N13O7S. The van der Waals surface area contributed by atoms with E-state index in [4.69, 9.17) is 4.98 Å². The number of hydrogen-bond acceptors (Lipinski definition) is 16. The molecule has 5 aromatic rings. The van der Waals surface area contributed by atoms with E-state index in [1.807, 2.05) is 18.3 Å². The van der Waals surface area contributed by atoms with E-state index in [9.17, 15) is 34.1 Å². The first-order valence-electron chi connectivity index (χ1n) is 23.7. The molecule has 2 aliphatic rings. The number of ketones is 1. The molecule has 0 spiro atoms. The number of benzene rings is 1. The van der Waals surface area contributed by atoms with Crippen molar-refractivity contribution in [1.29, 1.82) is 0 Å². The molecule has 5 heterocycles. The van der Waals surface area contributed by atoms with Gasteiger partial charge in [-0.25, -0.2) is 15.0 Å². The maximum Gasteiger partial charge on any atom is 0.348 e. The number of thiazole rings is 1. The van der Waals surface area contributed by atoms with Gasteiger partial charge in [0.2, 0.25) is 17.8 Å². The zero-order valence-electron chi connectivity index (χ0n) is 39.7. The lowest BCUT2D eigenvalue weighted by Crippen LogP contribution is -2.49. The van der Waals surface area contributed by atoms with Gasteiger partial charge in [-0.2, -0.15) is 4.98 Å². The number of nitrogens with one attached hydrogen (secondary N) is 5. The SMILES string of the molecule is CC(=O)Nc1cc(NCCCCCCCCCNC(=O)CN2CCN(c3ccc(Nc4ncc5c(C)c(C(C)=O)c(=O)n(C6CCCC6)c5n4)nc3)CC2)ccc1C(=O)Nc1nc(C)c([N+](=O)[O-])s1. The summed E-state index contributed by atoms with van der Waals surface area (Å²) < 4.78 is 1.70. The monoisotopic (exact) mass is 963 g/mol. The molecule has 21 heteroatoms. The van der Waals surface area contributed by atoms with Gasteiger partial charge in [0.1, 0.15) is 17.2 Å². The van der Waals surface area contributed by atoms with Gasteiger partial charge in [-0.1, -0.05) is 44.9 Å². The zero-order chi connectivity index (χ0) is 49.0. The summed E-state index contributed by atoms with van der Waals surface area (Å²) in [6.45, 7) is 10.9. The van der Waals surface area contributed by atoms with Crippen LogP contribution in [-0.2, 0) is 9.59 Å². The number of fused-ring (bicyclic) bond motifs is 1. The van der Waals surface area contributed by atoms with E-state index in [1.54, 1.807) is 35.9 Å². The van der Waals surface area contributed by atoms with Crippen LogP contribution in [0.3, 0.4) is 0 Å². The van der Waals surface area contributed by atoms with Gasteiger partial charge < -0.3 is 26.2 Å². The third-order valence-electron chi connectivity index (χ3n) is 12.6. The Labute approximate surface area is 404 Å². The third kappa shape index (κ3) is 13.0. The lowest BCUT2D eigenvalue weighted by atomic mass is 10.0. The lowest BCUT2D eigenvalue weighted by molar-refractivity contribution is -0.380. The van der Waals surface area contributed by atoms with E-state index in [-0.39, 0.29) is 56.2 Å². The summed E-state index contributed by atoms with van der Waals surface area (Å²) in [4.78, 5) is 96.7. The standard InChI is InChI=1S/C48H61N13O7S/c1-30-38-28-52-47(56-43(38)60(35-14-10-11-15-35)45(66)42(30)32(3)62)55-40-19-17-36(27-51-40)59-24-22-58(23-25-59)29-41(64)50-21-13-9-7-5-6-8-12-20-49-34-16-18-37(39(26-34)54-33(4)63)44(65)57-48-53-31(2)46(69-48)61(67)68/h16-19,26-28,35,49H,5-15,20-25,29H2,1-4H3,(H,50,64)(H,54,63)(H,53,57,65)(H,51,52,55,56). The van der Waals surface area contributed by atoms with Crippen LogP contribution in [0, 0.1) is 24.0 Å². The molecule has 3 amide bonds. The van der Waals surface area contributed by atoms with Gasteiger partial charge in [0.15, 0.2) is 10.9 Å². The Morgan fingerprint density at radius 1 is 0.855 bits per heavy atom. The van der Waals surface area contributed by atoms with Crippen LogP contribution in [0.2, 0.25) is 0 Å². The van der Waals surface area contributed by atoms with E-state index < -0.39 is 10.8 Å². The third-order valence-corrected chi connectivity index (χ3v) is 13.6. The molecular weight excluding hydrogens is 903 g/mol. The molecule has 1 saturated carbocycles. The minimum atomic E-state index is -0.541. The van der Waals surface area contributed by atoms with Crippen molar-refractivity contribution in [2.24, 2.45) is 0 Å². The summed E-state index contributed by atoms with van der Waals surface area (Å²) in [5.41, 5.74) is 3.53. The molecule has 20 nitrogen and oxygen atoms in total. The second-order valence-corrected chi connectivity index (χ2v) is 18.7. The van der Waals surface area contributed by atoms with Crippen molar-refractivity contribution < 1.29 is 24.1 Å².